The number of hydrogen-bond acceptors (Lipinski definition) is 4. The molecule has 0 unspecified atom stereocenters. The van der Waals surface area contributed by atoms with Crippen LogP contribution in [0.5, 0.6) is 0 Å². The van der Waals surface area contributed by atoms with Crippen LogP contribution in [0.2, 0.25) is 5.02 Å². The van der Waals surface area contributed by atoms with Crippen LogP contribution in [0.15, 0.2) is 57.9 Å². The second kappa shape index (κ2) is 6.89. The van der Waals surface area contributed by atoms with Gasteiger partial charge < -0.3 is 14.7 Å². The SMILES string of the molecule is O=C1C[C@H](c2ccco2)Cc2[nH]c(=O)c(C(=O)Nc3ccc(Cl)cc3)cc21. The number of aromatic nitrogens is 1. The zero-order valence-corrected chi connectivity index (χ0v) is 14.9. The Balaban J connectivity index is 1.62. The standard InChI is InChI=1S/C20H15ClN2O4/c21-12-3-5-13(6-4-12)22-19(25)15-10-14-16(23-20(15)26)8-11(9-17(14)24)18-2-1-7-27-18/h1-7,10-11H,8-9H2,(H,22,25)(H,23,26)/t11-/m1/s1. The molecule has 7 heteroatoms. The third-order valence-electron chi connectivity index (χ3n) is 4.60. The number of anilines is 1. The maximum Gasteiger partial charge on any atom is 0.261 e. The Morgan fingerprint density at radius 3 is 2.63 bits per heavy atom. The van der Waals surface area contributed by atoms with Gasteiger partial charge in [-0.25, -0.2) is 0 Å². The van der Waals surface area contributed by atoms with E-state index in [1.54, 1.807) is 36.6 Å². The summed E-state index contributed by atoms with van der Waals surface area (Å²) in [4.78, 5) is 40.1. The Bertz CT molecular complexity index is 1070. The smallest absolute Gasteiger partial charge is 0.261 e. The first-order valence-corrected chi connectivity index (χ1v) is 8.79. The normalized spacial score (nSPS) is 16.0. The van der Waals surface area contributed by atoms with Crippen LogP contribution in [0.1, 0.15) is 44.5 Å². The van der Waals surface area contributed by atoms with Crippen LogP contribution >= 0.6 is 11.6 Å². The highest BCUT2D eigenvalue weighted by molar-refractivity contribution is 6.30. The number of benzene rings is 1. The first kappa shape index (κ1) is 17.3. The zero-order chi connectivity index (χ0) is 19.0. The molecule has 2 N–H and O–H groups in total. The summed E-state index contributed by atoms with van der Waals surface area (Å²) in [6.07, 6.45) is 2.30. The van der Waals surface area contributed by atoms with E-state index in [-0.39, 0.29) is 23.7 Å². The Morgan fingerprint density at radius 1 is 1.15 bits per heavy atom. The molecule has 0 spiro atoms. The number of nitrogens with one attached hydrogen (secondary N) is 2. The van der Waals surface area contributed by atoms with Crippen molar-refractivity contribution in [2.75, 3.05) is 5.32 Å². The first-order valence-electron chi connectivity index (χ1n) is 8.41. The van der Waals surface area contributed by atoms with Crippen LogP contribution in [0.4, 0.5) is 5.69 Å². The summed E-state index contributed by atoms with van der Waals surface area (Å²) in [5.74, 6) is -0.124. The number of halogens is 1. The Labute approximate surface area is 159 Å². The number of Topliss-reactive ketones (excluding diaryl/α,β-unsaturated/α-hetero) is 1. The van der Waals surface area contributed by atoms with Crippen molar-refractivity contribution in [2.45, 2.75) is 18.8 Å². The fraction of sp³-hybridized carbons (Fsp3) is 0.150. The summed E-state index contributed by atoms with van der Waals surface area (Å²) in [7, 11) is 0. The zero-order valence-electron chi connectivity index (χ0n) is 14.1. The van der Waals surface area contributed by atoms with E-state index in [0.717, 1.165) is 0 Å². The first-order chi connectivity index (χ1) is 13.0. The molecule has 6 nitrogen and oxygen atoms in total. The van der Waals surface area contributed by atoms with Crippen molar-refractivity contribution in [3.63, 3.8) is 0 Å². The minimum atomic E-state index is -0.581. The van der Waals surface area contributed by atoms with Crippen molar-refractivity contribution in [3.05, 3.63) is 86.7 Å². The van der Waals surface area contributed by atoms with E-state index in [4.69, 9.17) is 16.0 Å². The summed E-state index contributed by atoms with van der Waals surface area (Å²) in [6.45, 7) is 0. The number of amides is 1. The van der Waals surface area contributed by atoms with Gasteiger partial charge in [-0.3, -0.25) is 14.4 Å². The van der Waals surface area contributed by atoms with Crippen molar-refractivity contribution in [1.82, 2.24) is 4.98 Å². The Morgan fingerprint density at radius 2 is 1.93 bits per heavy atom. The van der Waals surface area contributed by atoms with Crippen molar-refractivity contribution >= 4 is 29.0 Å². The molecule has 0 saturated heterocycles. The summed E-state index contributed by atoms with van der Waals surface area (Å²) in [5, 5.41) is 3.17. The summed E-state index contributed by atoms with van der Waals surface area (Å²) in [5.41, 5.74) is 0.770. The van der Waals surface area contributed by atoms with Gasteiger partial charge in [0.2, 0.25) is 0 Å². The highest BCUT2D eigenvalue weighted by atomic mass is 35.5. The van der Waals surface area contributed by atoms with Crippen molar-refractivity contribution in [1.29, 1.82) is 0 Å². The van der Waals surface area contributed by atoms with Gasteiger partial charge in [0.05, 0.1) is 6.26 Å². The van der Waals surface area contributed by atoms with Gasteiger partial charge in [-0.1, -0.05) is 11.6 Å². The molecular weight excluding hydrogens is 368 g/mol. The lowest BCUT2D eigenvalue weighted by atomic mass is 9.84. The third-order valence-corrected chi connectivity index (χ3v) is 4.85. The molecule has 27 heavy (non-hydrogen) atoms. The maximum absolute atomic E-state index is 12.6. The number of furan rings is 1. The van der Waals surface area contributed by atoms with Crippen LogP contribution in [-0.2, 0) is 6.42 Å². The fourth-order valence-corrected chi connectivity index (χ4v) is 3.38. The molecule has 1 aliphatic rings. The number of hydrogen-bond donors (Lipinski definition) is 2. The van der Waals surface area contributed by atoms with E-state index < -0.39 is 11.5 Å². The minimum Gasteiger partial charge on any atom is -0.469 e. The molecule has 1 aliphatic carbocycles. The monoisotopic (exact) mass is 382 g/mol. The van der Waals surface area contributed by atoms with E-state index in [1.807, 2.05) is 6.07 Å². The van der Waals surface area contributed by atoms with Crippen molar-refractivity contribution in [3.8, 4) is 0 Å². The molecule has 136 valence electrons. The second-order valence-corrected chi connectivity index (χ2v) is 6.85. The summed E-state index contributed by atoms with van der Waals surface area (Å²) in [6, 6.07) is 11.5. The van der Waals surface area contributed by atoms with Crippen LogP contribution in [0, 0.1) is 0 Å². The molecule has 1 amide bonds. The van der Waals surface area contributed by atoms with Crippen LogP contribution in [-0.4, -0.2) is 16.7 Å². The second-order valence-electron chi connectivity index (χ2n) is 6.41. The number of carbonyl (C=O) groups excluding carboxylic acids is 2. The van der Waals surface area contributed by atoms with Crippen LogP contribution < -0.4 is 10.9 Å². The Kier molecular flexibility index (Phi) is 4.41. The average molecular weight is 383 g/mol. The van der Waals surface area contributed by atoms with E-state index in [2.05, 4.69) is 10.3 Å². The number of fused-ring (bicyclic) bond motifs is 1. The predicted octanol–water partition coefficient (Wildman–Crippen LogP) is 3.79. The Hall–Kier alpha value is -3.12. The topological polar surface area (TPSA) is 92.2 Å². The predicted molar refractivity (Wildman–Crippen MR) is 101 cm³/mol. The van der Waals surface area contributed by atoms with E-state index in [9.17, 15) is 14.4 Å². The molecule has 1 atom stereocenters. The molecular formula is C20H15ClN2O4. The maximum atomic E-state index is 12.6. The minimum absolute atomic E-state index is 0.103. The lowest BCUT2D eigenvalue weighted by Gasteiger charge is -2.22. The number of rotatable bonds is 3. The van der Waals surface area contributed by atoms with Gasteiger partial charge in [-0.15, -0.1) is 0 Å². The van der Waals surface area contributed by atoms with Crippen LogP contribution in [0.3, 0.4) is 0 Å². The van der Waals surface area contributed by atoms with Gasteiger partial charge in [0.1, 0.15) is 11.3 Å². The number of aromatic amines is 1. The summed E-state index contributed by atoms with van der Waals surface area (Å²) < 4.78 is 5.39. The summed E-state index contributed by atoms with van der Waals surface area (Å²) >= 11 is 5.82. The molecule has 1 aromatic carbocycles. The quantitative estimate of drug-likeness (QED) is 0.720. The lowest BCUT2D eigenvalue weighted by molar-refractivity contribution is 0.0959. The molecule has 0 bridgehead atoms. The highest BCUT2D eigenvalue weighted by Crippen LogP contribution is 2.31. The van der Waals surface area contributed by atoms with Gasteiger partial charge >= 0.3 is 0 Å². The van der Waals surface area contributed by atoms with Crippen LogP contribution in [0.25, 0.3) is 0 Å². The number of pyridine rings is 1. The largest absolute Gasteiger partial charge is 0.469 e. The van der Waals surface area contributed by atoms with Gasteiger partial charge in [0.25, 0.3) is 11.5 Å². The molecule has 3 aromatic rings. The number of carbonyl (C=O) groups is 2. The van der Waals surface area contributed by atoms with E-state index in [0.29, 0.717) is 34.1 Å². The van der Waals surface area contributed by atoms with E-state index in [1.165, 1.54) is 6.07 Å². The molecule has 0 fully saturated rings. The van der Waals surface area contributed by atoms with Gasteiger partial charge in [-0.2, -0.15) is 0 Å². The molecule has 0 saturated carbocycles. The lowest BCUT2D eigenvalue weighted by Crippen LogP contribution is -2.29. The molecule has 2 aromatic heterocycles. The van der Waals surface area contributed by atoms with E-state index >= 15 is 0 Å². The number of ketones is 1. The number of H-pyrrole nitrogens is 1. The third kappa shape index (κ3) is 3.44. The highest BCUT2D eigenvalue weighted by Gasteiger charge is 2.30. The molecule has 0 aliphatic heterocycles. The van der Waals surface area contributed by atoms with Gasteiger partial charge in [-0.05, 0) is 48.9 Å². The molecule has 2 heterocycles. The molecule has 4 rings (SSSR count). The molecule has 0 radical (unpaired) electrons. The fourth-order valence-electron chi connectivity index (χ4n) is 3.26. The van der Waals surface area contributed by atoms with Crippen molar-refractivity contribution in [2.24, 2.45) is 0 Å². The van der Waals surface area contributed by atoms with Gasteiger partial charge in [0.15, 0.2) is 5.78 Å². The van der Waals surface area contributed by atoms with Gasteiger partial charge in [0, 0.05) is 34.3 Å². The average Bonchev–Trinajstić information content (AvgIpc) is 3.17. The van der Waals surface area contributed by atoms with Crippen molar-refractivity contribution < 1.29 is 14.0 Å².